The Bertz CT molecular complexity index is 275. The zero-order valence-electron chi connectivity index (χ0n) is 12.0. The molecule has 0 aromatic rings. The summed E-state index contributed by atoms with van der Waals surface area (Å²) in [5, 5.41) is 3.52. The second kappa shape index (κ2) is 6.05. The summed E-state index contributed by atoms with van der Waals surface area (Å²) in [5.41, 5.74) is 0.387. The molecular weight excluding hydrogens is 224 g/mol. The van der Waals surface area contributed by atoms with Crippen LogP contribution in [0.5, 0.6) is 0 Å². The van der Waals surface area contributed by atoms with E-state index in [1.807, 2.05) is 0 Å². The maximum Gasteiger partial charge on any atom is 0.225 e. The van der Waals surface area contributed by atoms with Gasteiger partial charge in [0.05, 0.1) is 0 Å². The summed E-state index contributed by atoms with van der Waals surface area (Å²) in [7, 11) is 0. The van der Waals surface area contributed by atoms with Crippen LogP contribution >= 0.6 is 0 Å². The quantitative estimate of drug-likeness (QED) is 0.836. The Balaban J connectivity index is 1.99. The number of carbonyl (C=O) groups is 1. The molecule has 1 atom stereocenters. The molecule has 2 heterocycles. The molecule has 2 fully saturated rings. The first-order valence-corrected chi connectivity index (χ1v) is 7.70. The number of amides is 1. The third-order valence-corrected chi connectivity index (χ3v) is 4.87. The highest BCUT2D eigenvalue weighted by Gasteiger charge is 2.38. The average molecular weight is 252 g/mol. The van der Waals surface area contributed by atoms with Crippen LogP contribution in [0.2, 0.25) is 0 Å². The van der Waals surface area contributed by atoms with E-state index < -0.39 is 0 Å². The number of piperidine rings is 2. The van der Waals surface area contributed by atoms with Crippen molar-refractivity contribution in [2.45, 2.75) is 52.4 Å². The van der Waals surface area contributed by atoms with Crippen LogP contribution in [0.3, 0.4) is 0 Å². The van der Waals surface area contributed by atoms with E-state index >= 15 is 0 Å². The van der Waals surface area contributed by atoms with Crippen LogP contribution in [0.15, 0.2) is 0 Å². The van der Waals surface area contributed by atoms with Crippen LogP contribution < -0.4 is 5.32 Å². The average Bonchev–Trinajstić information content (AvgIpc) is 2.41. The van der Waals surface area contributed by atoms with Gasteiger partial charge in [0.2, 0.25) is 5.91 Å². The van der Waals surface area contributed by atoms with Crippen molar-refractivity contribution >= 4 is 5.91 Å². The number of hydrogen-bond acceptors (Lipinski definition) is 2. The molecule has 0 aromatic heterocycles. The van der Waals surface area contributed by atoms with Crippen molar-refractivity contribution in [2.75, 3.05) is 26.2 Å². The molecule has 1 amide bonds. The molecule has 0 aliphatic carbocycles. The molecule has 0 aromatic carbocycles. The monoisotopic (exact) mass is 252 g/mol. The van der Waals surface area contributed by atoms with Crippen molar-refractivity contribution in [1.29, 1.82) is 0 Å². The van der Waals surface area contributed by atoms with Gasteiger partial charge in [-0.3, -0.25) is 4.79 Å². The summed E-state index contributed by atoms with van der Waals surface area (Å²) in [4.78, 5) is 14.7. The van der Waals surface area contributed by atoms with Crippen molar-refractivity contribution in [3.05, 3.63) is 0 Å². The molecule has 0 radical (unpaired) electrons. The number of hydrogen-bond donors (Lipinski definition) is 1. The Hall–Kier alpha value is -0.570. The zero-order valence-corrected chi connectivity index (χ0v) is 12.0. The SMILES string of the molecule is CCC(CC)C(=O)N1CCCC2(CCCNC2)C1. The predicted octanol–water partition coefficient (Wildman–Crippen LogP) is 2.41. The van der Waals surface area contributed by atoms with E-state index in [0.29, 0.717) is 11.3 Å². The van der Waals surface area contributed by atoms with Gasteiger partial charge >= 0.3 is 0 Å². The predicted molar refractivity (Wildman–Crippen MR) is 74.4 cm³/mol. The van der Waals surface area contributed by atoms with Crippen LogP contribution in [-0.2, 0) is 4.79 Å². The van der Waals surface area contributed by atoms with E-state index in [-0.39, 0.29) is 5.92 Å². The number of carbonyl (C=O) groups excluding carboxylic acids is 1. The topological polar surface area (TPSA) is 32.3 Å². The fourth-order valence-corrected chi connectivity index (χ4v) is 3.67. The van der Waals surface area contributed by atoms with Gasteiger partial charge in [0.25, 0.3) is 0 Å². The standard InChI is InChI=1S/C15H28N2O/c1-3-13(4-2)14(18)17-10-6-8-15(12-17)7-5-9-16-11-15/h13,16H,3-12H2,1-2H3. The van der Waals surface area contributed by atoms with Gasteiger partial charge in [-0.25, -0.2) is 0 Å². The minimum atomic E-state index is 0.247. The Morgan fingerprint density at radius 1 is 1.28 bits per heavy atom. The molecule has 1 unspecified atom stereocenters. The van der Waals surface area contributed by atoms with Gasteiger partial charge < -0.3 is 10.2 Å². The van der Waals surface area contributed by atoms with Crippen molar-refractivity contribution in [3.8, 4) is 0 Å². The lowest BCUT2D eigenvalue weighted by Crippen LogP contribution is -2.53. The molecule has 3 heteroatoms. The Kier molecular flexibility index (Phi) is 4.66. The summed E-state index contributed by atoms with van der Waals surface area (Å²) < 4.78 is 0. The first kappa shape index (κ1) is 13.9. The van der Waals surface area contributed by atoms with Crippen LogP contribution in [-0.4, -0.2) is 37.0 Å². The Morgan fingerprint density at radius 3 is 2.61 bits per heavy atom. The molecule has 2 aliphatic heterocycles. The highest BCUT2D eigenvalue weighted by Crippen LogP contribution is 2.36. The van der Waals surface area contributed by atoms with Crippen molar-refractivity contribution in [3.63, 3.8) is 0 Å². The van der Waals surface area contributed by atoms with Crippen molar-refractivity contribution in [2.24, 2.45) is 11.3 Å². The maximum absolute atomic E-state index is 12.5. The fourth-order valence-electron chi connectivity index (χ4n) is 3.67. The molecule has 0 saturated carbocycles. The molecule has 2 aliphatic rings. The van der Waals surface area contributed by atoms with Crippen molar-refractivity contribution in [1.82, 2.24) is 10.2 Å². The van der Waals surface area contributed by atoms with Gasteiger partial charge in [-0.2, -0.15) is 0 Å². The summed E-state index contributed by atoms with van der Waals surface area (Å²) in [6.07, 6.45) is 7.02. The van der Waals surface area contributed by atoms with E-state index in [4.69, 9.17) is 0 Å². The molecular formula is C15H28N2O. The van der Waals surface area contributed by atoms with Crippen LogP contribution in [0.4, 0.5) is 0 Å². The molecule has 3 nitrogen and oxygen atoms in total. The number of likely N-dealkylation sites (tertiary alicyclic amines) is 1. The molecule has 1 N–H and O–H groups in total. The number of nitrogens with one attached hydrogen (secondary N) is 1. The number of rotatable bonds is 3. The Morgan fingerprint density at radius 2 is 2.00 bits per heavy atom. The third kappa shape index (κ3) is 2.87. The molecule has 104 valence electrons. The lowest BCUT2D eigenvalue weighted by molar-refractivity contribution is -0.139. The number of nitrogens with zero attached hydrogens (tertiary/aromatic N) is 1. The van der Waals surface area contributed by atoms with Crippen LogP contribution in [0.1, 0.15) is 52.4 Å². The highest BCUT2D eigenvalue weighted by atomic mass is 16.2. The van der Waals surface area contributed by atoms with E-state index in [1.165, 1.54) is 25.7 Å². The second-order valence-corrected chi connectivity index (χ2v) is 6.16. The first-order chi connectivity index (χ1) is 8.71. The van der Waals surface area contributed by atoms with Crippen molar-refractivity contribution < 1.29 is 4.79 Å². The molecule has 0 bridgehead atoms. The van der Waals surface area contributed by atoms with Gasteiger partial charge in [-0.05, 0) is 45.1 Å². The smallest absolute Gasteiger partial charge is 0.225 e. The molecule has 2 rings (SSSR count). The van der Waals surface area contributed by atoms with E-state index in [2.05, 4.69) is 24.1 Å². The van der Waals surface area contributed by atoms with E-state index in [0.717, 1.165) is 39.0 Å². The van der Waals surface area contributed by atoms with E-state index in [9.17, 15) is 4.79 Å². The van der Waals surface area contributed by atoms with Gasteiger partial charge in [0.1, 0.15) is 0 Å². The second-order valence-electron chi connectivity index (χ2n) is 6.16. The lowest BCUT2D eigenvalue weighted by atomic mass is 9.74. The fraction of sp³-hybridized carbons (Fsp3) is 0.933. The zero-order chi connectivity index (χ0) is 13.0. The van der Waals surface area contributed by atoms with Gasteiger partial charge in [0.15, 0.2) is 0 Å². The summed E-state index contributed by atoms with van der Waals surface area (Å²) in [6.45, 7) is 8.51. The van der Waals surface area contributed by atoms with Crippen LogP contribution in [0.25, 0.3) is 0 Å². The maximum atomic E-state index is 12.5. The first-order valence-electron chi connectivity index (χ1n) is 7.70. The van der Waals surface area contributed by atoms with Crippen LogP contribution in [0, 0.1) is 11.3 Å². The molecule has 2 saturated heterocycles. The van der Waals surface area contributed by atoms with Gasteiger partial charge in [-0.15, -0.1) is 0 Å². The minimum absolute atomic E-state index is 0.247. The highest BCUT2D eigenvalue weighted by molar-refractivity contribution is 5.78. The normalized spacial score (nSPS) is 28.9. The summed E-state index contributed by atoms with van der Waals surface area (Å²) in [6, 6.07) is 0. The summed E-state index contributed by atoms with van der Waals surface area (Å²) in [5.74, 6) is 0.654. The molecule has 1 spiro atoms. The molecule has 18 heavy (non-hydrogen) atoms. The summed E-state index contributed by atoms with van der Waals surface area (Å²) >= 11 is 0. The Labute approximate surface area is 111 Å². The van der Waals surface area contributed by atoms with E-state index in [1.54, 1.807) is 0 Å². The lowest BCUT2D eigenvalue weighted by Gasteiger charge is -2.46. The third-order valence-electron chi connectivity index (χ3n) is 4.87. The largest absolute Gasteiger partial charge is 0.342 e. The van der Waals surface area contributed by atoms with Gasteiger partial charge in [-0.1, -0.05) is 13.8 Å². The van der Waals surface area contributed by atoms with Gasteiger partial charge in [0, 0.05) is 31.0 Å². The minimum Gasteiger partial charge on any atom is -0.342 e.